The molecule has 5 nitrogen and oxygen atoms in total. The van der Waals surface area contributed by atoms with Crippen LogP contribution in [-0.2, 0) is 6.54 Å². The summed E-state index contributed by atoms with van der Waals surface area (Å²) in [4.78, 5) is 4.21. The van der Waals surface area contributed by atoms with E-state index < -0.39 is 6.17 Å². The van der Waals surface area contributed by atoms with Crippen LogP contribution in [0, 0.1) is 5.92 Å². The van der Waals surface area contributed by atoms with Crippen LogP contribution in [0.2, 0.25) is 5.15 Å². The molecule has 0 aromatic carbocycles. The maximum Gasteiger partial charge on any atom is 0.182 e. The Hall–Kier alpha value is -1.27. The first kappa shape index (κ1) is 11.8. The average Bonchev–Trinajstić information content (AvgIpc) is 2.74. The molecule has 0 spiro atoms. The zero-order valence-corrected chi connectivity index (χ0v) is 10.4. The number of imidazole rings is 1. The topological polar surface area (TPSA) is 55.6 Å². The van der Waals surface area contributed by atoms with Crippen molar-refractivity contribution in [2.45, 2.75) is 19.1 Å². The molecule has 0 saturated carbocycles. The van der Waals surface area contributed by atoms with E-state index in [9.17, 15) is 4.39 Å². The number of nitrogens with one attached hydrogen (secondary N) is 1. The van der Waals surface area contributed by atoms with Crippen LogP contribution in [-0.4, -0.2) is 39.0 Å². The Bertz CT molecular complexity index is 557. The van der Waals surface area contributed by atoms with Gasteiger partial charge in [-0.15, -0.1) is 10.2 Å². The van der Waals surface area contributed by atoms with Gasteiger partial charge in [-0.05, 0) is 13.0 Å². The largest absolute Gasteiger partial charge is 0.314 e. The third-order valence-corrected chi connectivity index (χ3v) is 3.49. The minimum absolute atomic E-state index is 0.00104. The molecule has 1 N–H and O–H groups in total. The van der Waals surface area contributed by atoms with Gasteiger partial charge in [-0.25, -0.2) is 9.37 Å². The van der Waals surface area contributed by atoms with E-state index in [2.05, 4.69) is 20.5 Å². The van der Waals surface area contributed by atoms with Crippen molar-refractivity contribution in [3.63, 3.8) is 0 Å². The number of halogens is 2. The van der Waals surface area contributed by atoms with Gasteiger partial charge in [-0.1, -0.05) is 11.6 Å². The molecule has 2 atom stereocenters. The summed E-state index contributed by atoms with van der Waals surface area (Å²) in [6.07, 6.45) is 1.67. The minimum Gasteiger partial charge on any atom is -0.314 e. The van der Waals surface area contributed by atoms with Crippen LogP contribution in [0.5, 0.6) is 0 Å². The smallest absolute Gasteiger partial charge is 0.182 e. The van der Waals surface area contributed by atoms with Crippen LogP contribution < -0.4 is 5.32 Å². The maximum absolute atomic E-state index is 13.8. The summed E-state index contributed by atoms with van der Waals surface area (Å²) in [6.45, 7) is 1.86. The number of rotatable bonds is 2. The summed E-state index contributed by atoms with van der Waals surface area (Å²) in [7, 11) is 0. The van der Waals surface area contributed by atoms with E-state index in [1.807, 2.05) is 4.57 Å². The van der Waals surface area contributed by atoms with Gasteiger partial charge in [0.05, 0.1) is 6.33 Å². The summed E-state index contributed by atoms with van der Waals surface area (Å²) in [5, 5.41) is 11.2. The predicted octanol–water partition coefficient (Wildman–Crippen LogP) is 1.43. The second-order valence-electron chi connectivity index (χ2n) is 4.54. The second-order valence-corrected chi connectivity index (χ2v) is 4.93. The van der Waals surface area contributed by atoms with Gasteiger partial charge in [0, 0.05) is 25.1 Å². The predicted molar refractivity (Wildman–Crippen MR) is 66.2 cm³/mol. The van der Waals surface area contributed by atoms with E-state index in [4.69, 9.17) is 11.6 Å². The molecule has 0 amide bonds. The molecule has 1 saturated heterocycles. The fraction of sp³-hybridized carbons (Fsp3) is 0.545. The van der Waals surface area contributed by atoms with Crippen molar-refractivity contribution in [1.82, 2.24) is 25.1 Å². The van der Waals surface area contributed by atoms with Crippen molar-refractivity contribution in [3.8, 4) is 0 Å². The molecule has 2 aromatic heterocycles. The van der Waals surface area contributed by atoms with Gasteiger partial charge in [0.2, 0.25) is 0 Å². The van der Waals surface area contributed by atoms with Crippen LogP contribution in [0.15, 0.2) is 12.4 Å². The molecule has 3 heterocycles. The van der Waals surface area contributed by atoms with Gasteiger partial charge in [0.1, 0.15) is 11.7 Å². The molecule has 2 aromatic rings. The fourth-order valence-corrected chi connectivity index (χ4v) is 2.45. The molecule has 18 heavy (non-hydrogen) atoms. The number of hydrogen-bond acceptors (Lipinski definition) is 4. The van der Waals surface area contributed by atoms with Crippen molar-refractivity contribution < 1.29 is 4.39 Å². The molecule has 1 aliphatic heterocycles. The Balaban J connectivity index is 1.86. The molecule has 1 fully saturated rings. The lowest BCUT2D eigenvalue weighted by Gasteiger charge is -2.26. The lowest BCUT2D eigenvalue weighted by molar-refractivity contribution is 0.164. The Morgan fingerprint density at radius 1 is 1.50 bits per heavy atom. The van der Waals surface area contributed by atoms with E-state index in [0.29, 0.717) is 29.4 Å². The van der Waals surface area contributed by atoms with E-state index in [1.54, 1.807) is 12.4 Å². The number of piperidine rings is 1. The number of fused-ring (bicyclic) bond motifs is 1. The summed E-state index contributed by atoms with van der Waals surface area (Å²) < 4.78 is 15.6. The normalized spacial score (nSPS) is 24.6. The third kappa shape index (κ3) is 2.18. The highest BCUT2D eigenvalue weighted by molar-refractivity contribution is 6.29. The minimum atomic E-state index is -0.823. The van der Waals surface area contributed by atoms with Gasteiger partial charge in [-0.2, -0.15) is 0 Å². The number of nitrogens with zero attached hydrogens (tertiary/aromatic N) is 4. The van der Waals surface area contributed by atoms with Crippen LogP contribution in [0.1, 0.15) is 6.42 Å². The molecule has 7 heteroatoms. The molecule has 0 bridgehead atoms. The first-order chi connectivity index (χ1) is 8.74. The molecule has 0 radical (unpaired) electrons. The zero-order valence-electron chi connectivity index (χ0n) is 9.68. The highest BCUT2D eigenvalue weighted by Gasteiger charge is 2.25. The van der Waals surface area contributed by atoms with Crippen molar-refractivity contribution >= 4 is 22.8 Å². The van der Waals surface area contributed by atoms with Crippen LogP contribution >= 0.6 is 11.6 Å². The van der Waals surface area contributed by atoms with Gasteiger partial charge < -0.3 is 9.88 Å². The first-order valence-electron chi connectivity index (χ1n) is 5.93. The summed E-state index contributed by atoms with van der Waals surface area (Å²) >= 11 is 5.75. The highest BCUT2D eigenvalue weighted by Crippen LogP contribution is 2.20. The van der Waals surface area contributed by atoms with Gasteiger partial charge in [0.15, 0.2) is 10.8 Å². The van der Waals surface area contributed by atoms with Gasteiger partial charge in [-0.3, -0.25) is 0 Å². The van der Waals surface area contributed by atoms with Crippen LogP contribution in [0.25, 0.3) is 11.2 Å². The summed E-state index contributed by atoms with van der Waals surface area (Å²) in [5.74, 6) is 0.00104. The van der Waals surface area contributed by atoms with Crippen LogP contribution in [0.3, 0.4) is 0 Å². The lowest BCUT2D eigenvalue weighted by atomic mass is 9.96. The standard InChI is InChI=1S/C11H13ClFN5/c12-10-3-9-11(17-16-10)18(6-15-9)5-7-1-2-14-4-8(7)13/h3,6-8,14H,1-2,4-5H2/t7?,8-/m1/s1. The summed E-state index contributed by atoms with van der Waals surface area (Å²) in [5.41, 5.74) is 1.35. The van der Waals surface area contributed by atoms with Gasteiger partial charge >= 0.3 is 0 Å². The molecule has 3 rings (SSSR count). The molecule has 96 valence electrons. The Morgan fingerprint density at radius 2 is 2.39 bits per heavy atom. The van der Waals surface area contributed by atoms with E-state index in [0.717, 1.165) is 13.0 Å². The third-order valence-electron chi connectivity index (χ3n) is 3.31. The van der Waals surface area contributed by atoms with Crippen molar-refractivity contribution in [3.05, 3.63) is 17.5 Å². The average molecular weight is 270 g/mol. The molecule has 0 aliphatic carbocycles. The number of hydrogen-bond donors (Lipinski definition) is 1. The number of aromatic nitrogens is 4. The Kier molecular flexibility index (Phi) is 3.13. The Labute approximate surface area is 108 Å². The molecule has 1 unspecified atom stereocenters. The fourth-order valence-electron chi connectivity index (χ4n) is 2.31. The molecular formula is C11H13ClFN5. The zero-order chi connectivity index (χ0) is 12.5. The van der Waals surface area contributed by atoms with Crippen molar-refractivity contribution in [2.24, 2.45) is 5.92 Å². The highest BCUT2D eigenvalue weighted by atomic mass is 35.5. The summed E-state index contributed by atoms with van der Waals surface area (Å²) in [6, 6.07) is 1.66. The molecular weight excluding hydrogens is 257 g/mol. The lowest BCUT2D eigenvalue weighted by Crippen LogP contribution is -2.39. The monoisotopic (exact) mass is 269 g/mol. The van der Waals surface area contributed by atoms with Crippen LogP contribution in [0.4, 0.5) is 4.39 Å². The van der Waals surface area contributed by atoms with Crippen molar-refractivity contribution in [1.29, 1.82) is 0 Å². The Morgan fingerprint density at radius 3 is 3.22 bits per heavy atom. The van der Waals surface area contributed by atoms with Crippen molar-refractivity contribution in [2.75, 3.05) is 13.1 Å². The quantitative estimate of drug-likeness (QED) is 0.896. The van der Waals surface area contributed by atoms with E-state index in [1.165, 1.54) is 0 Å². The van der Waals surface area contributed by atoms with E-state index in [-0.39, 0.29) is 5.92 Å². The SMILES string of the molecule is F[C@@H]1CNCCC1Cn1cnc2cc(Cl)nnc21. The number of alkyl halides is 1. The van der Waals surface area contributed by atoms with E-state index >= 15 is 0 Å². The van der Waals surface area contributed by atoms with Gasteiger partial charge in [0.25, 0.3) is 0 Å². The second kappa shape index (κ2) is 4.78. The maximum atomic E-state index is 13.8. The molecule has 1 aliphatic rings. The first-order valence-corrected chi connectivity index (χ1v) is 6.30.